The Balaban J connectivity index is 1.41. The predicted molar refractivity (Wildman–Crippen MR) is 114 cm³/mol. The Hall–Kier alpha value is -3.64. The molecule has 2 aliphatic rings. The number of Topliss-reactive ketones (excluding diaryl/α,β-unsaturated/α-hetero) is 1. The monoisotopic (exact) mass is 415 g/mol. The van der Waals surface area contributed by atoms with Gasteiger partial charge in [0.2, 0.25) is 6.79 Å². The second kappa shape index (κ2) is 7.56. The van der Waals surface area contributed by atoms with Crippen molar-refractivity contribution in [2.45, 2.75) is 18.4 Å². The van der Waals surface area contributed by atoms with Gasteiger partial charge in [-0.05, 0) is 36.2 Å². The number of fused-ring (bicyclic) bond motifs is 2. The van der Waals surface area contributed by atoms with Crippen LogP contribution in [0.2, 0.25) is 0 Å². The maximum atomic E-state index is 13.3. The van der Waals surface area contributed by atoms with E-state index in [1.165, 1.54) is 0 Å². The lowest BCUT2D eigenvalue weighted by Gasteiger charge is -2.23. The molecule has 0 aliphatic carbocycles. The topological polar surface area (TPSA) is 76.1 Å². The van der Waals surface area contributed by atoms with Crippen molar-refractivity contribution in [2.75, 3.05) is 18.2 Å². The summed E-state index contributed by atoms with van der Waals surface area (Å²) in [5, 5.41) is 11.4. The van der Waals surface area contributed by atoms with E-state index in [0.29, 0.717) is 41.3 Å². The van der Waals surface area contributed by atoms with Crippen molar-refractivity contribution in [1.82, 2.24) is 0 Å². The first-order valence-corrected chi connectivity index (χ1v) is 10.2. The number of benzene rings is 3. The van der Waals surface area contributed by atoms with Gasteiger partial charge < -0.3 is 19.5 Å². The summed E-state index contributed by atoms with van der Waals surface area (Å²) in [6.07, 6.45) is 0.303. The average molecular weight is 415 g/mol. The summed E-state index contributed by atoms with van der Waals surface area (Å²) < 4.78 is 10.6. The summed E-state index contributed by atoms with van der Waals surface area (Å²) in [6, 6.07) is 21.8. The molecular weight excluding hydrogens is 394 g/mol. The van der Waals surface area contributed by atoms with Gasteiger partial charge in [0.05, 0.1) is 12.1 Å². The lowest BCUT2D eigenvalue weighted by molar-refractivity contribution is -0.135. The van der Waals surface area contributed by atoms with Gasteiger partial charge >= 0.3 is 0 Å². The van der Waals surface area contributed by atoms with E-state index < -0.39 is 11.5 Å². The highest BCUT2D eigenvalue weighted by atomic mass is 16.7. The molecule has 0 radical (unpaired) electrons. The van der Waals surface area contributed by atoms with E-state index in [1.54, 1.807) is 41.3 Å². The summed E-state index contributed by atoms with van der Waals surface area (Å²) in [7, 11) is 0. The zero-order valence-corrected chi connectivity index (χ0v) is 16.8. The summed E-state index contributed by atoms with van der Waals surface area (Å²) in [5.74, 6) is 0.248. The highest BCUT2D eigenvalue weighted by Gasteiger charge is 2.50. The third-order valence-electron chi connectivity index (χ3n) is 5.82. The first-order chi connectivity index (χ1) is 15.1. The second-order valence-electron chi connectivity index (χ2n) is 7.74. The molecule has 0 spiro atoms. The molecule has 5 rings (SSSR count). The zero-order chi connectivity index (χ0) is 21.4. The molecule has 0 fully saturated rings. The number of carbonyl (C=O) groups excluding carboxylic acids is 2. The highest BCUT2D eigenvalue weighted by Crippen LogP contribution is 2.43. The van der Waals surface area contributed by atoms with E-state index in [1.807, 2.05) is 36.4 Å². The normalized spacial score (nSPS) is 18.9. The first-order valence-electron chi connectivity index (χ1n) is 10.2. The number of para-hydroxylation sites is 1. The van der Waals surface area contributed by atoms with Crippen LogP contribution >= 0.6 is 0 Å². The largest absolute Gasteiger partial charge is 0.454 e. The first kappa shape index (κ1) is 19.3. The van der Waals surface area contributed by atoms with E-state index in [9.17, 15) is 14.7 Å². The quantitative estimate of drug-likeness (QED) is 0.624. The Morgan fingerprint density at radius 1 is 0.968 bits per heavy atom. The molecule has 6 nitrogen and oxygen atoms in total. The zero-order valence-electron chi connectivity index (χ0n) is 16.8. The van der Waals surface area contributed by atoms with Crippen LogP contribution in [0.25, 0.3) is 0 Å². The molecule has 1 atom stereocenters. The molecule has 1 unspecified atom stereocenters. The number of carbonyl (C=O) groups is 2. The fraction of sp³-hybridized carbons (Fsp3) is 0.200. The van der Waals surface area contributed by atoms with Gasteiger partial charge in [0.25, 0.3) is 5.91 Å². The predicted octanol–water partition coefficient (Wildman–Crippen LogP) is 3.47. The summed E-state index contributed by atoms with van der Waals surface area (Å²) in [6.45, 7) is 0.527. The van der Waals surface area contributed by atoms with Crippen LogP contribution in [0.1, 0.15) is 27.9 Å². The Kier molecular flexibility index (Phi) is 4.71. The average Bonchev–Trinajstić information content (AvgIpc) is 3.35. The Morgan fingerprint density at radius 2 is 1.71 bits per heavy atom. The van der Waals surface area contributed by atoms with Crippen molar-refractivity contribution in [3.8, 4) is 11.5 Å². The lowest BCUT2D eigenvalue weighted by atomic mass is 9.88. The number of amides is 1. The molecule has 0 bridgehead atoms. The molecule has 2 aliphatic heterocycles. The van der Waals surface area contributed by atoms with E-state index in [-0.39, 0.29) is 19.0 Å². The van der Waals surface area contributed by atoms with Gasteiger partial charge in [-0.3, -0.25) is 9.59 Å². The molecule has 3 aromatic carbocycles. The van der Waals surface area contributed by atoms with Crippen LogP contribution in [-0.2, 0) is 16.8 Å². The maximum absolute atomic E-state index is 13.3. The van der Waals surface area contributed by atoms with E-state index in [4.69, 9.17) is 9.47 Å². The number of ether oxygens (including phenoxy) is 2. The Morgan fingerprint density at radius 3 is 2.55 bits per heavy atom. The van der Waals surface area contributed by atoms with Crippen molar-refractivity contribution in [3.05, 3.63) is 89.5 Å². The molecule has 31 heavy (non-hydrogen) atoms. The van der Waals surface area contributed by atoms with Crippen molar-refractivity contribution in [1.29, 1.82) is 0 Å². The number of hydrogen-bond acceptors (Lipinski definition) is 5. The number of nitrogens with zero attached hydrogens (tertiary/aromatic N) is 1. The number of rotatable bonds is 6. The molecule has 1 amide bonds. The molecule has 0 aromatic heterocycles. The minimum atomic E-state index is -1.90. The third-order valence-corrected chi connectivity index (χ3v) is 5.82. The van der Waals surface area contributed by atoms with Gasteiger partial charge in [0.15, 0.2) is 22.9 Å². The lowest BCUT2D eigenvalue weighted by Crippen LogP contribution is -2.42. The molecule has 0 saturated heterocycles. The molecule has 0 saturated carbocycles. The van der Waals surface area contributed by atoms with Crippen LogP contribution in [0.4, 0.5) is 5.69 Å². The van der Waals surface area contributed by atoms with E-state index in [0.717, 1.165) is 5.56 Å². The Bertz CT molecular complexity index is 1160. The molecule has 3 aromatic rings. The fourth-order valence-corrected chi connectivity index (χ4v) is 4.19. The minimum absolute atomic E-state index is 0.110. The molecule has 156 valence electrons. The van der Waals surface area contributed by atoms with Gasteiger partial charge in [0.1, 0.15) is 0 Å². The summed E-state index contributed by atoms with van der Waals surface area (Å²) in [4.78, 5) is 27.9. The smallest absolute Gasteiger partial charge is 0.264 e. The fourth-order valence-electron chi connectivity index (χ4n) is 4.19. The Labute approximate surface area is 179 Å². The number of hydrogen-bond donors (Lipinski definition) is 1. The third kappa shape index (κ3) is 3.35. The van der Waals surface area contributed by atoms with Gasteiger partial charge in [0, 0.05) is 17.7 Å². The summed E-state index contributed by atoms with van der Waals surface area (Å²) in [5.41, 5.74) is 0.665. The number of anilines is 1. The maximum Gasteiger partial charge on any atom is 0.264 e. The SMILES string of the molecule is O=C(CC1(O)C(=O)N(CCc2ccccc2)c2ccccc21)c1ccc2c(c1)OCO2. The van der Waals surface area contributed by atoms with Gasteiger partial charge in [-0.1, -0.05) is 48.5 Å². The summed E-state index contributed by atoms with van der Waals surface area (Å²) >= 11 is 0. The number of aliphatic hydroxyl groups is 1. The molecular formula is C25H21NO5. The molecule has 6 heteroatoms. The second-order valence-corrected chi connectivity index (χ2v) is 7.74. The van der Waals surface area contributed by atoms with E-state index >= 15 is 0 Å². The van der Waals surface area contributed by atoms with Gasteiger partial charge in [-0.2, -0.15) is 0 Å². The number of ketones is 1. The highest BCUT2D eigenvalue weighted by molar-refractivity contribution is 6.10. The molecule has 2 heterocycles. The van der Waals surface area contributed by atoms with Crippen LogP contribution in [0, 0.1) is 0 Å². The van der Waals surface area contributed by atoms with Crippen molar-refractivity contribution in [2.24, 2.45) is 0 Å². The van der Waals surface area contributed by atoms with Crippen LogP contribution in [0.3, 0.4) is 0 Å². The van der Waals surface area contributed by atoms with Crippen LogP contribution < -0.4 is 14.4 Å². The van der Waals surface area contributed by atoms with Crippen molar-refractivity contribution < 1.29 is 24.2 Å². The standard InChI is InChI=1S/C25H21NO5/c27-21(18-10-11-22-23(14-18)31-16-30-22)15-25(29)19-8-4-5-9-20(19)26(24(25)28)13-12-17-6-2-1-3-7-17/h1-11,14,29H,12-13,15-16H2. The van der Waals surface area contributed by atoms with Crippen molar-refractivity contribution >= 4 is 17.4 Å². The van der Waals surface area contributed by atoms with Crippen LogP contribution in [-0.4, -0.2) is 30.1 Å². The minimum Gasteiger partial charge on any atom is -0.454 e. The van der Waals surface area contributed by atoms with Crippen molar-refractivity contribution in [3.63, 3.8) is 0 Å². The van der Waals surface area contributed by atoms with Crippen LogP contribution in [0.15, 0.2) is 72.8 Å². The molecule has 1 N–H and O–H groups in total. The van der Waals surface area contributed by atoms with Crippen LogP contribution in [0.5, 0.6) is 11.5 Å². The van der Waals surface area contributed by atoms with Gasteiger partial charge in [-0.15, -0.1) is 0 Å². The van der Waals surface area contributed by atoms with E-state index in [2.05, 4.69) is 0 Å². The van der Waals surface area contributed by atoms with Gasteiger partial charge in [-0.25, -0.2) is 0 Å².